The average molecular weight is 190 g/mol. The minimum Gasteiger partial charge on any atom is -0.242 e. The summed E-state index contributed by atoms with van der Waals surface area (Å²) in [6, 6.07) is 8.01. The van der Waals surface area contributed by atoms with Crippen LogP contribution in [0, 0.1) is 6.92 Å². The fraction of sp³-hybridized carbons (Fsp3) is 0.250. The van der Waals surface area contributed by atoms with E-state index in [-0.39, 0.29) is 0 Å². The highest BCUT2D eigenvalue weighted by Crippen LogP contribution is 2.14. The van der Waals surface area contributed by atoms with Crippen LogP contribution in [0.25, 0.3) is 0 Å². The largest absolute Gasteiger partial charge is 0.242 e. The van der Waals surface area contributed by atoms with Crippen LogP contribution >= 0.6 is 0 Å². The third-order valence-electron chi connectivity index (χ3n) is 1.62. The smallest absolute Gasteiger partial charge is 0.0645 e. The lowest BCUT2D eigenvalue weighted by Gasteiger charge is -2.12. The molecule has 2 heteroatoms. The number of nitrogens with zero attached hydrogens (tertiary/aromatic N) is 2. The first-order valence-corrected chi connectivity index (χ1v) is 4.73. The van der Waals surface area contributed by atoms with Gasteiger partial charge in [0.2, 0.25) is 0 Å². The molecule has 0 fully saturated rings. The second-order valence-electron chi connectivity index (χ2n) is 2.50. The molecule has 0 aliphatic carbocycles. The lowest BCUT2D eigenvalue weighted by Crippen LogP contribution is -2.04. The van der Waals surface area contributed by atoms with Crippen molar-refractivity contribution in [3.05, 3.63) is 42.6 Å². The molecule has 0 radical (unpaired) electrons. The summed E-state index contributed by atoms with van der Waals surface area (Å²) in [5, 5.41) is 5.40. The van der Waals surface area contributed by atoms with Gasteiger partial charge in [-0.25, -0.2) is 5.01 Å². The van der Waals surface area contributed by atoms with Gasteiger partial charge in [-0.15, -0.1) is 0 Å². The van der Waals surface area contributed by atoms with E-state index in [9.17, 15) is 0 Å². The number of hydrogen-bond donors (Lipinski definition) is 0. The van der Waals surface area contributed by atoms with Gasteiger partial charge in [-0.05, 0) is 19.1 Å². The standard InChI is InChI=1S/C10H12N2.C2H6/c1-4-12(11-3)10-7-5-9(2)6-8-10;1-2/h4-8H,1,3H2,2H3;1-2H3. The molecule has 0 unspecified atom stereocenters. The minimum absolute atomic E-state index is 0.977. The SMILES string of the molecule is C=CN(N=C)c1ccc(C)cc1.CC. The van der Waals surface area contributed by atoms with Crippen molar-refractivity contribution in [2.75, 3.05) is 5.01 Å². The number of rotatable bonds is 3. The van der Waals surface area contributed by atoms with E-state index in [0.717, 1.165) is 5.69 Å². The molecule has 1 aromatic rings. The highest BCUT2D eigenvalue weighted by atomic mass is 15.4. The highest BCUT2D eigenvalue weighted by Gasteiger charge is 1.96. The molecule has 2 nitrogen and oxygen atoms in total. The maximum atomic E-state index is 3.77. The Morgan fingerprint density at radius 1 is 1.21 bits per heavy atom. The predicted octanol–water partition coefficient (Wildman–Crippen LogP) is 3.59. The fourth-order valence-corrected chi connectivity index (χ4v) is 0.942. The summed E-state index contributed by atoms with van der Waals surface area (Å²) in [7, 11) is 0. The van der Waals surface area contributed by atoms with Crippen molar-refractivity contribution in [2.45, 2.75) is 20.8 Å². The average Bonchev–Trinajstić information content (AvgIpc) is 2.25. The topological polar surface area (TPSA) is 15.6 Å². The maximum absolute atomic E-state index is 3.77. The van der Waals surface area contributed by atoms with Crippen LogP contribution in [0.3, 0.4) is 0 Å². The first kappa shape index (κ1) is 12.4. The van der Waals surface area contributed by atoms with Crippen molar-refractivity contribution in [1.29, 1.82) is 0 Å². The quantitative estimate of drug-likeness (QED) is 0.525. The van der Waals surface area contributed by atoms with E-state index in [4.69, 9.17) is 0 Å². The monoisotopic (exact) mass is 190 g/mol. The van der Waals surface area contributed by atoms with Gasteiger partial charge in [-0.3, -0.25) is 0 Å². The molecule has 1 aromatic carbocycles. The molecule has 0 saturated carbocycles. The summed E-state index contributed by atoms with van der Waals surface area (Å²) < 4.78 is 0. The molecule has 0 saturated heterocycles. The van der Waals surface area contributed by atoms with E-state index in [1.165, 1.54) is 5.56 Å². The lowest BCUT2D eigenvalue weighted by atomic mass is 10.2. The van der Waals surface area contributed by atoms with Crippen LogP contribution in [0.2, 0.25) is 0 Å². The molecule has 0 spiro atoms. The van der Waals surface area contributed by atoms with E-state index in [1.807, 2.05) is 45.0 Å². The Hall–Kier alpha value is -1.57. The Morgan fingerprint density at radius 3 is 2.07 bits per heavy atom. The van der Waals surface area contributed by atoms with Gasteiger partial charge in [-0.2, -0.15) is 5.10 Å². The van der Waals surface area contributed by atoms with E-state index >= 15 is 0 Å². The van der Waals surface area contributed by atoms with E-state index < -0.39 is 0 Å². The van der Waals surface area contributed by atoms with Crippen molar-refractivity contribution in [2.24, 2.45) is 5.10 Å². The third-order valence-corrected chi connectivity index (χ3v) is 1.62. The van der Waals surface area contributed by atoms with Gasteiger partial charge in [0.15, 0.2) is 0 Å². The van der Waals surface area contributed by atoms with Crippen LogP contribution < -0.4 is 5.01 Å². The van der Waals surface area contributed by atoms with Crippen LogP contribution in [-0.4, -0.2) is 6.72 Å². The normalized spacial score (nSPS) is 8.21. The van der Waals surface area contributed by atoms with E-state index in [0.29, 0.717) is 0 Å². The molecular weight excluding hydrogens is 172 g/mol. The summed E-state index contributed by atoms with van der Waals surface area (Å²) in [6.45, 7) is 13.1. The molecule has 0 amide bonds. The molecule has 0 bridgehead atoms. The molecule has 0 aliphatic rings. The van der Waals surface area contributed by atoms with Gasteiger partial charge in [0.25, 0.3) is 0 Å². The Kier molecular flexibility index (Phi) is 6.12. The highest BCUT2D eigenvalue weighted by molar-refractivity contribution is 5.50. The van der Waals surface area contributed by atoms with Crippen LogP contribution in [-0.2, 0) is 0 Å². The van der Waals surface area contributed by atoms with Gasteiger partial charge in [0.05, 0.1) is 5.69 Å². The van der Waals surface area contributed by atoms with Crippen molar-refractivity contribution in [3.63, 3.8) is 0 Å². The van der Waals surface area contributed by atoms with Gasteiger partial charge in [0.1, 0.15) is 0 Å². The number of hydrogen-bond acceptors (Lipinski definition) is 2. The first-order valence-electron chi connectivity index (χ1n) is 4.73. The molecule has 0 aliphatic heterocycles. The second-order valence-corrected chi connectivity index (χ2v) is 2.50. The Balaban J connectivity index is 0.000000791. The van der Waals surface area contributed by atoms with Gasteiger partial charge < -0.3 is 0 Å². The lowest BCUT2D eigenvalue weighted by molar-refractivity contribution is 1.09. The van der Waals surface area contributed by atoms with Crippen molar-refractivity contribution >= 4 is 12.4 Å². The predicted molar refractivity (Wildman–Crippen MR) is 64.8 cm³/mol. The number of aryl methyl sites for hydroxylation is 1. The summed E-state index contributed by atoms with van der Waals surface area (Å²) in [5.74, 6) is 0. The Labute approximate surface area is 86.6 Å². The van der Waals surface area contributed by atoms with Crippen molar-refractivity contribution < 1.29 is 0 Å². The van der Waals surface area contributed by atoms with Crippen LogP contribution in [0.5, 0.6) is 0 Å². The zero-order chi connectivity index (χ0) is 11.0. The van der Waals surface area contributed by atoms with E-state index in [2.05, 4.69) is 18.4 Å². The third kappa shape index (κ3) is 3.44. The zero-order valence-electron chi connectivity index (χ0n) is 9.20. The molecule has 0 heterocycles. The molecule has 1 rings (SSSR count). The number of anilines is 1. The zero-order valence-corrected chi connectivity index (χ0v) is 9.20. The summed E-state index contributed by atoms with van der Waals surface area (Å²) in [5.41, 5.74) is 2.21. The molecular formula is C12H18N2. The fourth-order valence-electron chi connectivity index (χ4n) is 0.942. The first-order chi connectivity index (χ1) is 6.77. The molecule has 0 atom stereocenters. The van der Waals surface area contributed by atoms with Crippen molar-refractivity contribution in [3.8, 4) is 0 Å². The van der Waals surface area contributed by atoms with Gasteiger partial charge >= 0.3 is 0 Å². The molecule has 76 valence electrons. The second kappa shape index (κ2) is 6.89. The Morgan fingerprint density at radius 2 is 1.71 bits per heavy atom. The van der Waals surface area contributed by atoms with Gasteiger partial charge in [0, 0.05) is 12.9 Å². The molecule has 14 heavy (non-hydrogen) atoms. The summed E-state index contributed by atoms with van der Waals surface area (Å²) in [4.78, 5) is 0. The molecule has 0 N–H and O–H groups in total. The summed E-state index contributed by atoms with van der Waals surface area (Å²) in [6.07, 6.45) is 1.62. The van der Waals surface area contributed by atoms with Crippen LogP contribution in [0.1, 0.15) is 19.4 Å². The van der Waals surface area contributed by atoms with E-state index in [1.54, 1.807) is 11.2 Å². The number of benzene rings is 1. The Bertz CT molecular complexity index is 267. The van der Waals surface area contributed by atoms with Crippen LogP contribution in [0.4, 0.5) is 5.69 Å². The van der Waals surface area contributed by atoms with Crippen LogP contribution in [0.15, 0.2) is 42.1 Å². The number of hydrazone groups is 1. The minimum atomic E-state index is 0.977. The van der Waals surface area contributed by atoms with Crippen molar-refractivity contribution in [1.82, 2.24) is 0 Å². The summed E-state index contributed by atoms with van der Waals surface area (Å²) >= 11 is 0. The van der Waals surface area contributed by atoms with Gasteiger partial charge in [-0.1, -0.05) is 38.1 Å². The maximum Gasteiger partial charge on any atom is 0.0645 e. The molecule has 0 aromatic heterocycles.